The third kappa shape index (κ3) is 4.85. The highest BCUT2D eigenvalue weighted by Gasteiger charge is 2.14. The second-order valence-corrected chi connectivity index (χ2v) is 7.47. The van der Waals surface area contributed by atoms with Gasteiger partial charge < -0.3 is 10.1 Å². The third-order valence-corrected chi connectivity index (χ3v) is 5.09. The van der Waals surface area contributed by atoms with E-state index in [9.17, 15) is 10.1 Å². The van der Waals surface area contributed by atoms with Gasteiger partial charge in [-0.25, -0.2) is 0 Å². The summed E-state index contributed by atoms with van der Waals surface area (Å²) >= 11 is 0. The van der Waals surface area contributed by atoms with Crippen LogP contribution in [0.3, 0.4) is 0 Å². The van der Waals surface area contributed by atoms with Crippen molar-refractivity contribution in [2.45, 2.75) is 13.5 Å². The van der Waals surface area contributed by atoms with Crippen molar-refractivity contribution < 1.29 is 9.53 Å². The molecule has 4 rings (SSSR count). The molecule has 0 saturated heterocycles. The van der Waals surface area contributed by atoms with E-state index in [1.807, 2.05) is 85.8 Å². The predicted molar refractivity (Wildman–Crippen MR) is 128 cm³/mol. The van der Waals surface area contributed by atoms with E-state index >= 15 is 0 Å². The van der Waals surface area contributed by atoms with Crippen molar-refractivity contribution in [2.24, 2.45) is 0 Å². The molecule has 0 aliphatic heterocycles. The molecule has 0 unspecified atom stereocenters. The first-order chi connectivity index (χ1) is 15.6. The summed E-state index contributed by atoms with van der Waals surface area (Å²) in [6.07, 6.45) is 1.60. The Balaban J connectivity index is 1.70. The van der Waals surface area contributed by atoms with Gasteiger partial charge in [-0.2, -0.15) is 5.26 Å². The lowest BCUT2D eigenvalue weighted by molar-refractivity contribution is -0.112. The van der Waals surface area contributed by atoms with Crippen LogP contribution < -0.4 is 10.1 Å². The van der Waals surface area contributed by atoms with Gasteiger partial charge in [0.15, 0.2) is 0 Å². The standard InChI is InChI=1S/C28H22N2O2/c1-20-8-7-9-21(16-20)19-32-27-15-14-22-10-5-6-13-25(22)26(27)17-23(18-29)28(31)30-24-11-3-2-4-12-24/h2-17H,19H2,1H3,(H,30,31)/b23-17+. The number of nitriles is 1. The van der Waals surface area contributed by atoms with Crippen LogP contribution in [0.2, 0.25) is 0 Å². The van der Waals surface area contributed by atoms with Gasteiger partial charge in [0.25, 0.3) is 5.91 Å². The number of para-hydroxylation sites is 1. The second-order valence-electron chi connectivity index (χ2n) is 7.47. The molecule has 32 heavy (non-hydrogen) atoms. The summed E-state index contributed by atoms with van der Waals surface area (Å²) in [5.41, 5.74) is 3.55. The number of benzene rings is 4. The number of fused-ring (bicyclic) bond motifs is 1. The number of hydrogen-bond acceptors (Lipinski definition) is 3. The zero-order valence-electron chi connectivity index (χ0n) is 17.7. The van der Waals surface area contributed by atoms with Crippen LogP contribution in [0.15, 0.2) is 96.6 Å². The third-order valence-electron chi connectivity index (χ3n) is 5.09. The molecule has 4 heteroatoms. The Morgan fingerprint density at radius 1 is 0.969 bits per heavy atom. The number of aryl methyl sites for hydroxylation is 1. The molecule has 1 amide bonds. The molecule has 4 aromatic carbocycles. The fourth-order valence-electron chi connectivity index (χ4n) is 3.53. The molecular formula is C28H22N2O2. The number of ether oxygens (including phenoxy) is 1. The van der Waals surface area contributed by atoms with Crippen LogP contribution >= 0.6 is 0 Å². The summed E-state index contributed by atoms with van der Waals surface area (Å²) in [5.74, 6) is 0.154. The van der Waals surface area contributed by atoms with Crippen molar-refractivity contribution in [2.75, 3.05) is 5.32 Å². The van der Waals surface area contributed by atoms with Crippen molar-refractivity contribution in [1.82, 2.24) is 0 Å². The summed E-state index contributed by atoms with van der Waals surface area (Å²) in [6, 6.07) is 30.9. The molecule has 4 aromatic rings. The van der Waals surface area contributed by atoms with Crippen LogP contribution in [-0.4, -0.2) is 5.91 Å². The van der Waals surface area contributed by atoms with E-state index in [0.29, 0.717) is 23.6 Å². The number of nitrogens with zero attached hydrogens (tertiary/aromatic N) is 1. The Morgan fingerprint density at radius 2 is 1.75 bits per heavy atom. The summed E-state index contributed by atoms with van der Waals surface area (Å²) in [5, 5.41) is 14.4. The molecule has 156 valence electrons. The van der Waals surface area contributed by atoms with Crippen LogP contribution in [-0.2, 0) is 11.4 Å². The molecule has 0 atom stereocenters. The Kier molecular flexibility index (Phi) is 6.29. The maximum absolute atomic E-state index is 12.8. The van der Waals surface area contributed by atoms with Crippen LogP contribution in [0.1, 0.15) is 16.7 Å². The number of anilines is 1. The largest absolute Gasteiger partial charge is 0.488 e. The lowest BCUT2D eigenvalue weighted by atomic mass is 10.0. The van der Waals surface area contributed by atoms with E-state index in [0.717, 1.165) is 21.9 Å². The number of carbonyl (C=O) groups excluding carboxylic acids is 1. The molecule has 0 saturated carbocycles. The molecule has 0 radical (unpaired) electrons. The molecule has 0 spiro atoms. The van der Waals surface area contributed by atoms with E-state index in [4.69, 9.17) is 4.74 Å². The molecule has 0 aliphatic carbocycles. The van der Waals surface area contributed by atoms with Gasteiger partial charge in [-0.05, 0) is 47.5 Å². The SMILES string of the molecule is Cc1cccc(COc2ccc3ccccc3c2/C=C(\C#N)C(=O)Nc2ccccc2)c1. The number of hydrogen-bond donors (Lipinski definition) is 1. The minimum absolute atomic E-state index is 0.00520. The van der Waals surface area contributed by atoms with Crippen LogP contribution in [0.5, 0.6) is 5.75 Å². The normalized spacial score (nSPS) is 11.1. The highest BCUT2D eigenvalue weighted by molar-refractivity contribution is 6.11. The maximum atomic E-state index is 12.8. The van der Waals surface area contributed by atoms with Crippen LogP contribution in [0.25, 0.3) is 16.8 Å². The summed E-state index contributed by atoms with van der Waals surface area (Å²) < 4.78 is 6.14. The number of carbonyl (C=O) groups is 1. The Labute approximate surface area is 187 Å². The van der Waals surface area contributed by atoms with Crippen molar-refractivity contribution in [3.63, 3.8) is 0 Å². The van der Waals surface area contributed by atoms with Crippen molar-refractivity contribution in [1.29, 1.82) is 5.26 Å². The quantitative estimate of drug-likeness (QED) is 0.296. The second kappa shape index (κ2) is 9.63. The van der Waals surface area contributed by atoms with Gasteiger partial charge in [-0.15, -0.1) is 0 Å². The topological polar surface area (TPSA) is 62.1 Å². The minimum Gasteiger partial charge on any atom is -0.488 e. The minimum atomic E-state index is -0.462. The monoisotopic (exact) mass is 418 g/mol. The highest BCUT2D eigenvalue weighted by Crippen LogP contribution is 2.31. The van der Waals surface area contributed by atoms with Crippen molar-refractivity contribution in [3.8, 4) is 11.8 Å². The average Bonchev–Trinajstić information content (AvgIpc) is 2.82. The van der Waals surface area contributed by atoms with E-state index < -0.39 is 5.91 Å². The van der Waals surface area contributed by atoms with Gasteiger partial charge in [-0.3, -0.25) is 4.79 Å². The molecular weight excluding hydrogens is 396 g/mol. The zero-order valence-corrected chi connectivity index (χ0v) is 17.7. The lowest BCUT2D eigenvalue weighted by Crippen LogP contribution is -2.13. The summed E-state index contributed by atoms with van der Waals surface area (Å²) in [4.78, 5) is 12.8. The fraction of sp³-hybridized carbons (Fsp3) is 0.0714. The first kappa shape index (κ1) is 20.9. The van der Waals surface area contributed by atoms with E-state index in [1.54, 1.807) is 18.2 Å². The Hall–Kier alpha value is -4.36. The Morgan fingerprint density at radius 3 is 2.53 bits per heavy atom. The van der Waals surface area contributed by atoms with E-state index in [-0.39, 0.29) is 5.57 Å². The van der Waals surface area contributed by atoms with Crippen molar-refractivity contribution >= 4 is 28.4 Å². The van der Waals surface area contributed by atoms with E-state index in [2.05, 4.69) is 11.4 Å². The number of rotatable bonds is 6. The van der Waals surface area contributed by atoms with Gasteiger partial charge in [-0.1, -0.05) is 78.4 Å². The van der Waals surface area contributed by atoms with Gasteiger partial charge >= 0.3 is 0 Å². The smallest absolute Gasteiger partial charge is 0.266 e. The van der Waals surface area contributed by atoms with Gasteiger partial charge in [0.1, 0.15) is 24.0 Å². The zero-order chi connectivity index (χ0) is 22.3. The first-order valence-corrected chi connectivity index (χ1v) is 10.3. The maximum Gasteiger partial charge on any atom is 0.266 e. The fourth-order valence-corrected chi connectivity index (χ4v) is 3.53. The first-order valence-electron chi connectivity index (χ1n) is 10.3. The molecule has 0 heterocycles. The average molecular weight is 418 g/mol. The van der Waals surface area contributed by atoms with Crippen molar-refractivity contribution in [3.05, 3.63) is 113 Å². The van der Waals surface area contributed by atoms with Crippen LogP contribution in [0.4, 0.5) is 5.69 Å². The van der Waals surface area contributed by atoms with E-state index in [1.165, 1.54) is 0 Å². The Bertz CT molecular complexity index is 1330. The lowest BCUT2D eigenvalue weighted by Gasteiger charge is -2.13. The number of nitrogens with one attached hydrogen (secondary N) is 1. The molecule has 0 aliphatic rings. The predicted octanol–water partition coefficient (Wildman–Crippen LogP) is 6.27. The van der Waals surface area contributed by atoms with Gasteiger partial charge in [0.2, 0.25) is 0 Å². The molecule has 4 nitrogen and oxygen atoms in total. The summed E-state index contributed by atoms with van der Waals surface area (Å²) in [7, 11) is 0. The number of amides is 1. The molecule has 0 fully saturated rings. The van der Waals surface area contributed by atoms with Gasteiger partial charge in [0, 0.05) is 11.3 Å². The highest BCUT2D eigenvalue weighted by atomic mass is 16.5. The molecule has 0 bridgehead atoms. The van der Waals surface area contributed by atoms with Crippen LogP contribution in [0, 0.1) is 18.3 Å². The van der Waals surface area contributed by atoms with Gasteiger partial charge in [0.05, 0.1) is 0 Å². The molecule has 0 aromatic heterocycles. The summed E-state index contributed by atoms with van der Waals surface area (Å²) in [6.45, 7) is 2.43. The molecule has 1 N–H and O–H groups in total.